The molecule has 0 saturated carbocycles. The van der Waals surface area contributed by atoms with Crippen LogP contribution in [-0.4, -0.2) is 14.6 Å². The molecule has 4 nitrogen and oxygen atoms in total. The van der Waals surface area contributed by atoms with Crippen molar-refractivity contribution in [2.45, 2.75) is 25.7 Å². The van der Waals surface area contributed by atoms with Crippen LogP contribution in [0, 0.1) is 20.8 Å². The van der Waals surface area contributed by atoms with Crippen molar-refractivity contribution in [1.29, 1.82) is 0 Å². The largest absolute Gasteiger partial charge is 0.276 e. The highest BCUT2D eigenvalue weighted by atomic mass is 32.2. The van der Waals surface area contributed by atoms with Crippen molar-refractivity contribution in [3.63, 3.8) is 0 Å². The number of rotatable bonds is 4. The van der Waals surface area contributed by atoms with E-state index in [1.54, 1.807) is 19.1 Å². The molecule has 0 fully saturated rings. The maximum absolute atomic E-state index is 12.2. The first-order chi connectivity index (χ1) is 9.40. The maximum Gasteiger partial charge on any atom is 0.276 e. The molecule has 2 rings (SSSR count). The highest BCUT2D eigenvalue weighted by molar-refractivity contribution is 7.89. The van der Waals surface area contributed by atoms with Gasteiger partial charge >= 0.3 is 0 Å². The Hall–Kier alpha value is -1.66. The summed E-state index contributed by atoms with van der Waals surface area (Å²) in [6.07, 6.45) is 1.53. The zero-order valence-corrected chi connectivity index (χ0v) is 13.2. The minimum atomic E-state index is -3.62. The zero-order valence-electron chi connectivity index (χ0n) is 11.5. The van der Waals surface area contributed by atoms with Gasteiger partial charge in [0.2, 0.25) is 0 Å². The number of aryl methyl sites for hydroxylation is 3. The number of hydrazone groups is 1. The summed E-state index contributed by atoms with van der Waals surface area (Å²) in [6.45, 7) is 5.58. The highest BCUT2D eigenvalue weighted by Crippen LogP contribution is 2.17. The molecule has 1 heterocycles. The first-order valence-corrected chi connectivity index (χ1v) is 8.42. The van der Waals surface area contributed by atoms with Crippen molar-refractivity contribution >= 4 is 27.6 Å². The van der Waals surface area contributed by atoms with Gasteiger partial charge < -0.3 is 0 Å². The standard InChI is InChI=1S/C14H16N2O2S2/c1-10-4-5-12(3)14(8-10)20(17,18)16-15-9-13-11(2)6-7-19-13/h4-9,16H,1-3H3. The van der Waals surface area contributed by atoms with Gasteiger partial charge in [-0.3, -0.25) is 0 Å². The molecular weight excluding hydrogens is 292 g/mol. The second kappa shape index (κ2) is 5.76. The first kappa shape index (κ1) is 14.7. The average Bonchev–Trinajstić information content (AvgIpc) is 2.78. The SMILES string of the molecule is Cc1ccc(C)c(S(=O)(=O)NN=Cc2sccc2C)c1. The third-order valence-electron chi connectivity index (χ3n) is 2.89. The molecule has 0 spiro atoms. The third kappa shape index (κ3) is 3.26. The molecular formula is C14H16N2O2S2. The number of hydrogen-bond donors (Lipinski definition) is 1. The molecule has 0 bridgehead atoms. The van der Waals surface area contributed by atoms with Gasteiger partial charge in [0.05, 0.1) is 16.0 Å². The molecule has 20 heavy (non-hydrogen) atoms. The topological polar surface area (TPSA) is 58.5 Å². The second-order valence-electron chi connectivity index (χ2n) is 4.59. The summed E-state index contributed by atoms with van der Waals surface area (Å²) in [5.41, 5.74) is 2.67. The summed E-state index contributed by atoms with van der Waals surface area (Å²) >= 11 is 1.52. The van der Waals surface area contributed by atoms with Crippen molar-refractivity contribution in [3.05, 3.63) is 51.2 Å². The summed E-state index contributed by atoms with van der Waals surface area (Å²) in [5, 5.41) is 5.78. The van der Waals surface area contributed by atoms with Crippen LogP contribution in [0.2, 0.25) is 0 Å². The third-order valence-corrected chi connectivity index (χ3v) is 5.21. The van der Waals surface area contributed by atoms with Crippen LogP contribution in [0.25, 0.3) is 0 Å². The van der Waals surface area contributed by atoms with Crippen LogP contribution in [0.3, 0.4) is 0 Å². The van der Waals surface area contributed by atoms with E-state index < -0.39 is 10.0 Å². The van der Waals surface area contributed by atoms with Gasteiger partial charge in [-0.2, -0.15) is 13.5 Å². The molecule has 106 valence electrons. The van der Waals surface area contributed by atoms with Crippen molar-refractivity contribution in [1.82, 2.24) is 4.83 Å². The quantitative estimate of drug-likeness (QED) is 0.697. The monoisotopic (exact) mass is 308 g/mol. The minimum absolute atomic E-state index is 0.262. The summed E-state index contributed by atoms with van der Waals surface area (Å²) in [4.78, 5) is 3.46. The van der Waals surface area contributed by atoms with Gasteiger partial charge in [0.1, 0.15) is 0 Å². The molecule has 0 aliphatic carbocycles. The number of sulfonamides is 1. The van der Waals surface area contributed by atoms with Crippen molar-refractivity contribution in [2.24, 2.45) is 5.10 Å². The molecule has 0 amide bonds. The van der Waals surface area contributed by atoms with Crippen molar-refractivity contribution < 1.29 is 8.42 Å². The predicted molar refractivity (Wildman–Crippen MR) is 82.9 cm³/mol. The Bertz CT molecular complexity index is 746. The van der Waals surface area contributed by atoms with E-state index in [1.165, 1.54) is 17.6 Å². The van der Waals surface area contributed by atoms with Gasteiger partial charge in [-0.1, -0.05) is 12.1 Å². The summed E-state index contributed by atoms with van der Waals surface area (Å²) < 4.78 is 24.4. The molecule has 0 atom stereocenters. The van der Waals surface area contributed by atoms with Crippen LogP contribution >= 0.6 is 11.3 Å². The molecule has 0 radical (unpaired) electrons. The van der Waals surface area contributed by atoms with E-state index in [0.717, 1.165) is 16.0 Å². The van der Waals surface area contributed by atoms with Gasteiger partial charge in [0.15, 0.2) is 0 Å². The summed E-state index contributed by atoms with van der Waals surface area (Å²) in [7, 11) is -3.62. The lowest BCUT2D eigenvalue weighted by Crippen LogP contribution is -2.19. The van der Waals surface area contributed by atoms with Gasteiger partial charge in [0, 0.05) is 0 Å². The minimum Gasteiger partial charge on any atom is -0.200 e. The average molecular weight is 308 g/mol. The molecule has 0 aliphatic rings. The summed E-state index contributed by atoms with van der Waals surface area (Å²) in [5.74, 6) is 0. The fourth-order valence-electron chi connectivity index (χ4n) is 1.72. The summed E-state index contributed by atoms with van der Waals surface area (Å²) in [6, 6.07) is 7.28. The highest BCUT2D eigenvalue weighted by Gasteiger charge is 2.15. The van der Waals surface area contributed by atoms with E-state index >= 15 is 0 Å². The Labute approximate surface area is 123 Å². The van der Waals surface area contributed by atoms with E-state index in [4.69, 9.17) is 0 Å². The number of nitrogens with zero attached hydrogens (tertiary/aromatic N) is 1. The molecule has 6 heteroatoms. The van der Waals surface area contributed by atoms with Crippen molar-refractivity contribution in [2.75, 3.05) is 0 Å². The fraction of sp³-hybridized carbons (Fsp3) is 0.214. The van der Waals surface area contributed by atoms with Gasteiger partial charge in [-0.15, -0.1) is 11.3 Å². The second-order valence-corrected chi connectivity index (χ2v) is 7.17. The molecule has 0 unspecified atom stereocenters. The Morgan fingerprint density at radius 2 is 1.90 bits per heavy atom. The fourth-order valence-corrected chi connectivity index (χ4v) is 3.63. The van der Waals surface area contributed by atoms with Gasteiger partial charge in [-0.05, 0) is 55.0 Å². The Morgan fingerprint density at radius 1 is 1.15 bits per heavy atom. The molecule has 1 aromatic carbocycles. The molecule has 1 N–H and O–H groups in total. The van der Waals surface area contributed by atoms with E-state index in [-0.39, 0.29) is 4.90 Å². The molecule has 0 saturated heterocycles. The van der Waals surface area contributed by atoms with Crippen LogP contribution in [0.4, 0.5) is 0 Å². The predicted octanol–water partition coefficient (Wildman–Crippen LogP) is 2.99. The van der Waals surface area contributed by atoms with E-state index in [2.05, 4.69) is 9.93 Å². The number of thiophene rings is 1. The molecule has 1 aromatic heterocycles. The Balaban J connectivity index is 2.22. The van der Waals surface area contributed by atoms with Crippen LogP contribution in [0.15, 0.2) is 39.6 Å². The smallest absolute Gasteiger partial charge is 0.200 e. The lowest BCUT2D eigenvalue weighted by molar-refractivity contribution is 0.584. The van der Waals surface area contributed by atoms with Crippen LogP contribution < -0.4 is 4.83 Å². The van der Waals surface area contributed by atoms with Crippen LogP contribution in [0.1, 0.15) is 21.6 Å². The van der Waals surface area contributed by atoms with Gasteiger partial charge in [0.25, 0.3) is 10.0 Å². The normalized spacial score (nSPS) is 11.9. The number of nitrogens with one attached hydrogen (secondary N) is 1. The lowest BCUT2D eigenvalue weighted by atomic mass is 10.2. The van der Waals surface area contributed by atoms with Crippen LogP contribution in [-0.2, 0) is 10.0 Å². The molecule has 2 aromatic rings. The van der Waals surface area contributed by atoms with E-state index in [9.17, 15) is 8.42 Å². The Kier molecular flexibility index (Phi) is 4.25. The van der Waals surface area contributed by atoms with Crippen LogP contribution in [0.5, 0.6) is 0 Å². The number of benzene rings is 1. The zero-order chi connectivity index (χ0) is 14.8. The van der Waals surface area contributed by atoms with Crippen molar-refractivity contribution in [3.8, 4) is 0 Å². The first-order valence-electron chi connectivity index (χ1n) is 6.06. The van der Waals surface area contributed by atoms with Gasteiger partial charge in [-0.25, -0.2) is 4.83 Å². The number of hydrogen-bond acceptors (Lipinski definition) is 4. The maximum atomic E-state index is 12.2. The lowest BCUT2D eigenvalue weighted by Gasteiger charge is -2.07. The molecule has 0 aliphatic heterocycles. The van der Waals surface area contributed by atoms with E-state index in [0.29, 0.717) is 5.56 Å². The van der Waals surface area contributed by atoms with E-state index in [1.807, 2.05) is 31.4 Å². The Morgan fingerprint density at radius 3 is 2.55 bits per heavy atom.